The van der Waals surface area contributed by atoms with E-state index in [2.05, 4.69) is 22.4 Å². The van der Waals surface area contributed by atoms with Gasteiger partial charge in [0.15, 0.2) is 11.5 Å². The highest BCUT2D eigenvalue weighted by Crippen LogP contribution is 2.18. The average Bonchev–Trinajstić information content (AvgIpc) is 2.48. The number of hydrogen-bond acceptors (Lipinski definition) is 4. The predicted molar refractivity (Wildman–Crippen MR) is 51.1 cm³/mol. The van der Waals surface area contributed by atoms with Crippen LogP contribution in [0.25, 0.3) is 0 Å². The Labute approximate surface area is 76.9 Å². The van der Waals surface area contributed by atoms with Crippen molar-refractivity contribution >= 4 is 11.5 Å². The molecule has 0 radical (unpaired) electrons. The fraction of sp³-hybridized carbons (Fsp3) is 0.500. The molecule has 0 aliphatic carbocycles. The second kappa shape index (κ2) is 4.36. The zero-order chi connectivity index (χ0) is 9.68. The first kappa shape index (κ1) is 9.39. The van der Waals surface area contributed by atoms with Crippen molar-refractivity contribution in [1.29, 1.82) is 5.26 Å². The number of nitrogens with one attached hydrogen (secondary N) is 2. The Balaban J connectivity index is 2.64. The molecule has 0 atom stereocenters. The molecule has 1 heterocycles. The summed E-state index contributed by atoms with van der Waals surface area (Å²) >= 11 is 0. The van der Waals surface area contributed by atoms with E-state index in [1.54, 1.807) is 0 Å². The highest BCUT2D eigenvalue weighted by atomic mass is 15.2. The summed E-state index contributed by atoms with van der Waals surface area (Å²) in [5.41, 5.74) is 6.56. The van der Waals surface area contributed by atoms with Crippen molar-refractivity contribution in [3.05, 3.63) is 5.69 Å². The fourth-order valence-corrected chi connectivity index (χ4v) is 1.01. The van der Waals surface area contributed by atoms with E-state index in [9.17, 15) is 0 Å². The molecule has 1 aromatic rings. The quantitative estimate of drug-likeness (QED) is 0.603. The summed E-state index contributed by atoms with van der Waals surface area (Å²) in [5.74, 6) is 0.354. The van der Waals surface area contributed by atoms with E-state index >= 15 is 0 Å². The molecule has 13 heavy (non-hydrogen) atoms. The molecule has 5 heteroatoms. The van der Waals surface area contributed by atoms with Crippen molar-refractivity contribution in [1.82, 2.24) is 10.2 Å². The van der Waals surface area contributed by atoms with Gasteiger partial charge in [-0.3, -0.25) is 5.10 Å². The largest absolute Gasteiger partial charge is 0.380 e. The summed E-state index contributed by atoms with van der Waals surface area (Å²) in [6.07, 6.45) is 2.15. The van der Waals surface area contributed by atoms with Gasteiger partial charge in [0.05, 0.1) is 0 Å². The van der Waals surface area contributed by atoms with Crippen molar-refractivity contribution in [2.45, 2.75) is 19.8 Å². The van der Waals surface area contributed by atoms with E-state index < -0.39 is 0 Å². The Morgan fingerprint density at radius 1 is 1.69 bits per heavy atom. The molecular formula is C8H13N5. The molecule has 1 aromatic heterocycles. The van der Waals surface area contributed by atoms with Crippen molar-refractivity contribution < 1.29 is 0 Å². The van der Waals surface area contributed by atoms with E-state index in [0.717, 1.165) is 19.4 Å². The highest BCUT2D eigenvalue weighted by Gasteiger charge is 2.08. The first-order valence-corrected chi connectivity index (χ1v) is 4.27. The molecule has 70 valence electrons. The van der Waals surface area contributed by atoms with Crippen LogP contribution in [-0.2, 0) is 0 Å². The maximum Gasteiger partial charge on any atom is 0.170 e. The van der Waals surface area contributed by atoms with Crippen LogP contribution < -0.4 is 11.1 Å². The number of nitrogens with two attached hydrogens (primary N) is 1. The zero-order valence-electron chi connectivity index (χ0n) is 7.59. The van der Waals surface area contributed by atoms with Crippen LogP contribution in [0.2, 0.25) is 0 Å². The third kappa shape index (κ3) is 2.12. The lowest BCUT2D eigenvalue weighted by molar-refractivity contribution is 0.834. The Morgan fingerprint density at radius 2 is 2.46 bits per heavy atom. The summed E-state index contributed by atoms with van der Waals surface area (Å²) in [4.78, 5) is 0. The maximum atomic E-state index is 8.67. The van der Waals surface area contributed by atoms with Gasteiger partial charge in [-0.25, -0.2) is 0 Å². The SMILES string of the molecule is CCCCNc1c(N)n[nH]c1C#N. The lowest BCUT2D eigenvalue weighted by Crippen LogP contribution is -2.03. The Bertz CT molecular complexity index is 309. The third-order valence-corrected chi connectivity index (χ3v) is 1.74. The molecule has 5 nitrogen and oxygen atoms in total. The summed E-state index contributed by atoms with van der Waals surface area (Å²) in [7, 11) is 0. The molecule has 0 bridgehead atoms. The Hall–Kier alpha value is -1.70. The summed E-state index contributed by atoms with van der Waals surface area (Å²) in [6, 6.07) is 1.98. The smallest absolute Gasteiger partial charge is 0.170 e. The molecule has 1 rings (SSSR count). The number of H-pyrrole nitrogens is 1. The molecule has 0 aromatic carbocycles. The zero-order valence-corrected chi connectivity index (χ0v) is 7.59. The van der Waals surface area contributed by atoms with Gasteiger partial charge in [-0.2, -0.15) is 10.4 Å². The Morgan fingerprint density at radius 3 is 3.08 bits per heavy atom. The minimum atomic E-state index is 0.354. The number of anilines is 2. The minimum absolute atomic E-state index is 0.354. The van der Waals surface area contributed by atoms with Crippen LogP contribution in [0.15, 0.2) is 0 Å². The molecule has 0 fully saturated rings. The average molecular weight is 179 g/mol. The number of hydrogen-bond donors (Lipinski definition) is 3. The number of unbranched alkanes of at least 4 members (excludes halogenated alkanes) is 1. The lowest BCUT2D eigenvalue weighted by Gasteiger charge is -2.02. The maximum absolute atomic E-state index is 8.67. The van der Waals surface area contributed by atoms with Gasteiger partial charge in [0, 0.05) is 6.54 Å². The number of nitrogen functional groups attached to an aromatic ring is 1. The summed E-state index contributed by atoms with van der Waals surface area (Å²) in [6.45, 7) is 2.92. The van der Waals surface area contributed by atoms with Crippen LogP contribution in [0.1, 0.15) is 25.5 Å². The van der Waals surface area contributed by atoms with E-state index in [1.165, 1.54) is 0 Å². The second-order valence-electron chi connectivity index (χ2n) is 2.75. The van der Waals surface area contributed by atoms with Crippen LogP contribution >= 0.6 is 0 Å². The number of aromatic amines is 1. The van der Waals surface area contributed by atoms with E-state index in [1.807, 2.05) is 6.07 Å². The first-order chi connectivity index (χ1) is 6.29. The molecule has 0 aliphatic heterocycles. The monoisotopic (exact) mass is 179 g/mol. The highest BCUT2D eigenvalue weighted by molar-refractivity contribution is 5.68. The van der Waals surface area contributed by atoms with Crippen molar-refractivity contribution in [2.75, 3.05) is 17.6 Å². The summed E-state index contributed by atoms with van der Waals surface area (Å²) in [5, 5.41) is 18.0. The van der Waals surface area contributed by atoms with Crippen molar-refractivity contribution in [3.8, 4) is 6.07 Å². The van der Waals surface area contributed by atoms with E-state index in [0.29, 0.717) is 17.2 Å². The third-order valence-electron chi connectivity index (χ3n) is 1.74. The topological polar surface area (TPSA) is 90.5 Å². The molecule has 0 aliphatic rings. The lowest BCUT2D eigenvalue weighted by atomic mass is 10.3. The minimum Gasteiger partial charge on any atom is -0.380 e. The number of rotatable bonds is 4. The second-order valence-corrected chi connectivity index (χ2v) is 2.75. The Kier molecular flexibility index (Phi) is 3.15. The van der Waals surface area contributed by atoms with Crippen molar-refractivity contribution in [3.63, 3.8) is 0 Å². The molecule has 4 N–H and O–H groups in total. The van der Waals surface area contributed by atoms with Crippen molar-refractivity contribution in [2.24, 2.45) is 0 Å². The molecule has 0 amide bonds. The number of nitrogens with zero attached hydrogens (tertiary/aromatic N) is 2. The standard InChI is InChI=1S/C8H13N5/c1-2-3-4-11-7-6(5-9)12-13-8(7)10/h11H,2-4H2,1H3,(H3,10,12,13). The molecular weight excluding hydrogens is 166 g/mol. The van der Waals surface area contributed by atoms with Gasteiger partial charge < -0.3 is 11.1 Å². The van der Waals surface area contributed by atoms with Crippen LogP contribution in [0.4, 0.5) is 11.5 Å². The molecule has 0 unspecified atom stereocenters. The van der Waals surface area contributed by atoms with E-state index in [4.69, 9.17) is 11.0 Å². The van der Waals surface area contributed by atoms with Crippen LogP contribution in [0.3, 0.4) is 0 Å². The van der Waals surface area contributed by atoms with Gasteiger partial charge in [-0.05, 0) is 6.42 Å². The number of aromatic nitrogens is 2. The molecule has 0 saturated heterocycles. The van der Waals surface area contributed by atoms with Gasteiger partial charge in [-0.1, -0.05) is 13.3 Å². The van der Waals surface area contributed by atoms with Crippen LogP contribution in [-0.4, -0.2) is 16.7 Å². The van der Waals surface area contributed by atoms with Gasteiger partial charge in [0.2, 0.25) is 0 Å². The first-order valence-electron chi connectivity index (χ1n) is 4.27. The molecule has 0 saturated carbocycles. The normalized spacial score (nSPS) is 9.54. The number of nitriles is 1. The predicted octanol–water partition coefficient (Wildman–Crippen LogP) is 1.08. The summed E-state index contributed by atoms with van der Waals surface area (Å²) < 4.78 is 0. The van der Waals surface area contributed by atoms with E-state index in [-0.39, 0.29) is 0 Å². The van der Waals surface area contributed by atoms with Gasteiger partial charge in [0.1, 0.15) is 11.8 Å². The van der Waals surface area contributed by atoms with Gasteiger partial charge in [-0.15, -0.1) is 0 Å². The fourth-order valence-electron chi connectivity index (χ4n) is 1.01. The van der Waals surface area contributed by atoms with Gasteiger partial charge >= 0.3 is 0 Å². The van der Waals surface area contributed by atoms with Gasteiger partial charge in [0.25, 0.3) is 0 Å². The van der Waals surface area contributed by atoms with Crippen LogP contribution in [0, 0.1) is 11.3 Å². The van der Waals surface area contributed by atoms with Crippen LogP contribution in [0.5, 0.6) is 0 Å². The molecule has 0 spiro atoms.